The monoisotopic (exact) mass is 396 g/mol. The van der Waals surface area contributed by atoms with Crippen molar-refractivity contribution in [3.8, 4) is 0 Å². The Morgan fingerprint density at radius 1 is 0.929 bits per heavy atom. The van der Waals surface area contributed by atoms with Crippen LogP contribution in [0.15, 0.2) is 77.7 Å². The van der Waals surface area contributed by atoms with Crippen LogP contribution in [0.4, 0.5) is 11.4 Å². The number of benzene rings is 3. The third-order valence-electron chi connectivity index (χ3n) is 4.08. The lowest BCUT2D eigenvalue weighted by atomic mass is 10.1. The van der Waals surface area contributed by atoms with Crippen LogP contribution in [-0.4, -0.2) is 19.4 Å². The van der Waals surface area contributed by atoms with Gasteiger partial charge in [-0.05, 0) is 55.0 Å². The van der Waals surface area contributed by atoms with Gasteiger partial charge in [-0.3, -0.25) is 9.52 Å². The van der Waals surface area contributed by atoms with Gasteiger partial charge in [0.05, 0.1) is 11.5 Å². The molecule has 144 valence electrons. The van der Waals surface area contributed by atoms with Crippen LogP contribution < -0.4 is 10.0 Å². The van der Waals surface area contributed by atoms with Crippen molar-refractivity contribution in [2.24, 2.45) is 0 Å². The van der Waals surface area contributed by atoms with Gasteiger partial charge in [0.15, 0.2) is 0 Å². The highest BCUT2D eigenvalue weighted by molar-refractivity contribution is 7.92. The quantitative estimate of drug-likeness (QED) is 0.594. The van der Waals surface area contributed by atoms with Gasteiger partial charge in [-0.25, -0.2) is 8.42 Å². The predicted molar refractivity (Wildman–Crippen MR) is 109 cm³/mol. The maximum absolute atomic E-state index is 12.5. The highest BCUT2D eigenvalue weighted by Crippen LogP contribution is 2.19. The summed E-state index contributed by atoms with van der Waals surface area (Å²) in [5, 5.41) is 11.9. The molecule has 3 N–H and O–H groups in total. The van der Waals surface area contributed by atoms with Gasteiger partial charge in [0.25, 0.3) is 15.9 Å². The second kappa shape index (κ2) is 8.24. The molecule has 0 aromatic heterocycles. The average Bonchev–Trinajstić information content (AvgIpc) is 2.68. The first kappa shape index (κ1) is 19.6. The Kier molecular flexibility index (Phi) is 5.77. The summed E-state index contributed by atoms with van der Waals surface area (Å²) in [5.74, 6) is -0.383. The zero-order chi connectivity index (χ0) is 20.1. The minimum absolute atomic E-state index is 0.125. The standard InChI is InChI=1S/C21H20N2O4S/c1-15-8-10-20(11-9-15)28(26,27)23-19-7-3-5-17(13-19)21(25)22-18-6-2-4-16(12-18)14-24/h2-13,23-24H,14H2,1H3,(H,22,25). The van der Waals surface area contributed by atoms with Crippen molar-refractivity contribution in [3.63, 3.8) is 0 Å². The molecular weight excluding hydrogens is 376 g/mol. The Balaban J connectivity index is 1.77. The van der Waals surface area contributed by atoms with Crippen LogP contribution in [0.1, 0.15) is 21.5 Å². The maximum Gasteiger partial charge on any atom is 0.261 e. The molecule has 3 aromatic rings. The van der Waals surface area contributed by atoms with E-state index < -0.39 is 10.0 Å². The van der Waals surface area contributed by atoms with Gasteiger partial charge < -0.3 is 10.4 Å². The third-order valence-corrected chi connectivity index (χ3v) is 5.47. The first-order valence-electron chi connectivity index (χ1n) is 8.58. The highest BCUT2D eigenvalue weighted by atomic mass is 32.2. The van der Waals surface area contributed by atoms with Crippen molar-refractivity contribution in [2.75, 3.05) is 10.0 Å². The summed E-state index contributed by atoms with van der Waals surface area (Å²) in [6.45, 7) is 1.75. The number of carbonyl (C=O) groups excluding carboxylic acids is 1. The third kappa shape index (κ3) is 4.76. The van der Waals surface area contributed by atoms with E-state index in [0.29, 0.717) is 16.8 Å². The van der Waals surface area contributed by atoms with Gasteiger partial charge in [0.1, 0.15) is 0 Å². The summed E-state index contributed by atoms with van der Waals surface area (Å²) in [5.41, 5.74) is 2.78. The molecule has 0 saturated heterocycles. The topological polar surface area (TPSA) is 95.5 Å². The maximum atomic E-state index is 12.5. The van der Waals surface area contributed by atoms with Crippen LogP contribution in [0.5, 0.6) is 0 Å². The molecule has 0 aliphatic heterocycles. The van der Waals surface area contributed by atoms with Crippen LogP contribution in [0, 0.1) is 6.92 Å². The molecular formula is C21H20N2O4S. The number of rotatable bonds is 6. The van der Waals surface area contributed by atoms with Gasteiger partial charge in [0, 0.05) is 16.9 Å². The Hall–Kier alpha value is -3.16. The van der Waals surface area contributed by atoms with Crippen molar-refractivity contribution in [1.29, 1.82) is 0 Å². The molecule has 7 heteroatoms. The van der Waals surface area contributed by atoms with Gasteiger partial charge >= 0.3 is 0 Å². The summed E-state index contributed by atoms with van der Waals surface area (Å²) < 4.78 is 27.5. The SMILES string of the molecule is Cc1ccc(S(=O)(=O)Nc2cccc(C(=O)Nc3cccc(CO)c3)c2)cc1. The van der Waals surface area contributed by atoms with Gasteiger partial charge in [-0.1, -0.05) is 35.9 Å². The van der Waals surface area contributed by atoms with Crippen LogP contribution in [0.2, 0.25) is 0 Å². The van der Waals surface area contributed by atoms with E-state index in [1.54, 1.807) is 54.6 Å². The number of anilines is 2. The first-order chi connectivity index (χ1) is 13.4. The van der Waals surface area contributed by atoms with Crippen molar-refractivity contribution < 1.29 is 18.3 Å². The van der Waals surface area contributed by atoms with Crippen molar-refractivity contribution in [3.05, 3.63) is 89.5 Å². The minimum atomic E-state index is -3.75. The Morgan fingerprint density at radius 3 is 2.32 bits per heavy atom. The van der Waals surface area contributed by atoms with Crippen molar-refractivity contribution in [1.82, 2.24) is 0 Å². The van der Waals surface area contributed by atoms with E-state index in [-0.39, 0.29) is 23.1 Å². The number of carbonyl (C=O) groups is 1. The molecule has 0 aliphatic rings. The van der Waals surface area contributed by atoms with Gasteiger partial charge in [0.2, 0.25) is 0 Å². The van der Waals surface area contributed by atoms with E-state index in [2.05, 4.69) is 10.0 Å². The van der Waals surface area contributed by atoms with Crippen LogP contribution in [-0.2, 0) is 16.6 Å². The second-order valence-electron chi connectivity index (χ2n) is 6.31. The summed E-state index contributed by atoms with van der Waals surface area (Å²) in [7, 11) is -3.75. The molecule has 0 radical (unpaired) electrons. The molecule has 28 heavy (non-hydrogen) atoms. The van der Waals surface area contributed by atoms with E-state index in [1.807, 2.05) is 6.92 Å². The molecule has 3 aromatic carbocycles. The lowest BCUT2D eigenvalue weighted by Crippen LogP contribution is -2.15. The van der Waals surface area contributed by atoms with Crippen LogP contribution in [0.3, 0.4) is 0 Å². The Labute approximate surface area is 163 Å². The molecule has 0 spiro atoms. The number of nitrogens with one attached hydrogen (secondary N) is 2. The first-order valence-corrected chi connectivity index (χ1v) is 10.1. The average molecular weight is 396 g/mol. The number of sulfonamides is 1. The van der Waals surface area contributed by atoms with E-state index in [1.165, 1.54) is 18.2 Å². The van der Waals surface area contributed by atoms with E-state index in [0.717, 1.165) is 5.56 Å². The molecule has 0 fully saturated rings. The summed E-state index contributed by atoms with van der Waals surface area (Å²) in [6.07, 6.45) is 0. The number of amides is 1. The number of hydrogen-bond acceptors (Lipinski definition) is 4. The van der Waals surface area contributed by atoms with Crippen LogP contribution >= 0.6 is 0 Å². The molecule has 0 unspecified atom stereocenters. The van der Waals surface area contributed by atoms with Crippen LogP contribution in [0.25, 0.3) is 0 Å². The molecule has 3 rings (SSSR count). The Morgan fingerprint density at radius 2 is 1.61 bits per heavy atom. The van der Waals surface area contributed by atoms with E-state index in [9.17, 15) is 18.3 Å². The largest absolute Gasteiger partial charge is 0.392 e. The highest BCUT2D eigenvalue weighted by Gasteiger charge is 2.15. The Bertz CT molecular complexity index is 1090. The molecule has 0 aliphatic carbocycles. The molecule has 6 nitrogen and oxygen atoms in total. The molecule has 0 bridgehead atoms. The predicted octanol–water partition coefficient (Wildman–Crippen LogP) is 3.54. The lowest BCUT2D eigenvalue weighted by Gasteiger charge is -2.10. The minimum Gasteiger partial charge on any atom is -0.392 e. The fraction of sp³-hybridized carbons (Fsp3) is 0.0952. The zero-order valence-electron chi connectivity index (χ0n) is 15.2. The lowest BCUT2D eigenvalue weighted by molar-refractivity contribution is 0.102. The fourth-order valence-electron chi connectivity index (χ4n) is 2.61. The molecule has 0 saturated carbocycles. The molecule has 0 heterocycles. The normalized spacial score (nSPS) is 11.1. The molecule has 1 amide bonds. The van der Waals surface area contributed by atoms with Gasteiger partial charge in [-0.2, -0.15) is 0 Å². The van der Waals surface area contributed by atoms with Gasteiger partial charge in [-0.15, -0.1) is 0 Å². The zero-order valence-corrected chi connectivity index (χ0v) is 16.0. The van der Waals surface area contributed by atoms with E-state index >= 15 is 0 Å². The number of hydrogen-bond donors (Lipinski definition) is 3. The van der Waals surface area contributed by atoms with Crippen molar-refractivity contribution in [2.45, 2.75) is 18.4 Å². The number of aliphatic hydroxyl groups is 1. The fourth-order valence-corrected chi connectivity index (χ4v) is 3.66. The second-order valence-corrected chi connectivity index (χ2v) is 7.99. The smallest absolute Gasteiger partial charge is 0.261 e. The van der Waals surface area contributed by atoms with E-state index in [4.69, 9.17) is 0 Å². The van der Waals surface area contributed by atoms with Crippen molar-refractivity contribution >= 4 is 27.3 Å². The summed E-state index contributed by atoms with van der Waals surface area (Å²) >= 11 is 0. The number of aliphatic hydroxyl groups excluding tert-OH is 1. The molecule has 0 atom stereocenters. The summed E-state index contributed by atoms with van der Waals surface area (Å²) in [4.78, 5) is 12.6. The summed E-state index contributed by atoms with van der Waals surface area (Å²) in [6, 6.07) is 19.6. The number of aryl methyl sites for hydroxylation is 1.